The standard InChI is InChI=1S/2C3H8.C2H6.CH4.BS.W/c2*1-3-2;1-2;;1-2;/h2*3H2,1-2H3;1-2H3;1H4;;. The van der Waals surface area contributed by atoms with Crippen LogP contribution in [-0.2, 0) is 18.0 Å². The first-order valence-electron chi connectivity index (χ1n) is 4.23. The van der Waals surface area contributed by atoms with Crippen LogP contribution in [0.15, 0.2) is 0 Å². The van der Waals surface area contributed by atoms with E-state index in [0.29, 0.717) is 0 Å². The summed E-state index contributed by atoms with van der Waals surface area (Å²) in [6, 6.07) is 0. The fourth-order valence-corrected chi connectivity index (χ4v) is 0. The normalized spacial score (nSPS) is 4.42. The van der Waals surface area contributed by atoms with Gasteiger partial charge in [-0.3, -0.25) is 0 Å². The molecule has 3 heteroatoms. The van der Waals surface area contributed by atoms with Gasteiger partial charge in [0.05, 0.1) is 0 Å². The van der Waals surface area contributed by atoms with E-state index in [-0.39, 0.29) is 7.43 Å². The Hall–Kier alpha value is 0.973. The first-order chi connectivity index (χ1) is 5.24. The monoisotopic (exact) mass is 361 g/mol. The first-order valence-corrected chi connectivity index (χ1v) is 8.63. The molecule has 0 unspecified atom stereocenters. The van der Waals surface area contributed by atoms with E-state index in [4.69, 9.17) is 6.72 Å². The predicted molar refractivity (Wildman–Crippen MR) is 63.4 cm³/mol. The molecule has 0 N–H and O–H groups in total. The van der Waals surface area contributed by atoms with Gasteiger partial charge >= 0.3 is 33.1 Å². The molecule has 77 valence electrons. The van der Waals surface area contributed by atoms with Crippen molar-refractivity contribution < 1.29 is 18.0 Å². The Kier molecular flexibility index (Phi) is 223. The minimum absolute atomic E-state index is 0. The van der Waals surface area contributed by atoms with E-state index in [9.17, 15) is 0 Å². The van der Waals surface area contributed by atoms with E-state index >= 15 is 0 Å². The van der Waals surface area contributed by atoms with E-state index in [1.54, 1.807) is 0 Å². The first kappa shape index (κ1) is 29.3. The molecule has 0 nitrogen and oxygen atoms in total. The van der Waals surface area contributed by atoms with E-state index in [1.165, 1.54) is 39.2 Å². The molecule has 12 heavy (non-hydrogen) atoms. The molecule has 0 saturated carbocycles. The van der Waals surface area contributed by atoms with Crippen LogP contribution in [0.1, 0.15) is 61.8 Å². The summed E-state index contributed by atoms with van der Waals surface area (Å²) in [4.78, 5) is 0. The zero-order chi connectivity index (χ0) is 10.1. The Labute approximate surface area is 94.7 Å². The number of hydrogen-bond donors (Lipinski definition) is 0. The zero-order valence-corrected chi connectivity index (χ0v) is 12.6. The van der Waals surface area contributed by atoms with Gasteiger partial charge in [0.25, 0.3) is 0 Å². The van der Waals surface area contributed by atoms with Crippen LogP contribution in [0.4, 0.5) is 0 Å². The van der Waals surface area contributed by atoms with Gasteiger partial charge in [0.2, 0.25) is 0 Å². The van der Waals surface area contributed by atoms with Crippen molar-refractivity contribution in [3.63, 3.8) is 0 Å². The molecule has 0 saturated heterocycles. The molecule has 0 spiro atoms. The SMILES string of the molecule is C.CC.CCC.CCC.[B]=[S]=[W]. The van der Waals surface area contributed by atoms with Gasteiger partial charge in [-0.1, -0.05) is 61.8 Å². The van der Waals surface area contributed by atoms with E-state index < -0.39 is 0 Å². The van der Waals surface area contributed by atoms with Gasteiger partial charge in [-0.15, -0.1) is 0 Å². The van der Waals surface area contributed by atoms with Crippen LogP contribution >= 0.6 is 8.38 Å². The third kappa shape index (κ3) is 1150. The number of hydrogen-bond acceptors (Lipinski definition) is 0. The topological polar surface area (TPSA) is 0 Å². The zero-order valence-electron chi connectivity index (χ0n) is 8.81. The van der Waals surface area contributed by atoms with Crippen LogP contribution in [0, 0.1) is 0 Å². The van der Waals surface area contributed by atoms with Crippen molar-refractivity contribution in [3.05, 3.63) is 0 Å². The van der Waals surface area contributed by atoms with Crippen LogP contribution in [0.5, 0.6) is 0 Å². The molecule has 0 rings (SSSR count). The van der Waals surface area contributed by atoms with Gasteiger partial charge in [-0.25, -0.2) is 0 Å². The summed E-state index contributed by atoms with van der Waals surface area (Å²) < 4.78 is 0. The van der Waals surface area contributed by atoms with E-state index in [0.717, 1.165) is 0 Å². The van der Waals surface area contributed by atoms with Gasteiger partial charge in [0.1, 0.15) is 0 Å². The molecule has 0 heterocycles. The van der Waals surface area contributed by atoms with Gasteiger partial charge in [-0.05, 0) is 0 Å². The van der Waals surface area contributed by atoms with Crippen molar-refractivity contribution in [3.8, 4) is 0 Å². The molecule has 0 aliphatic rings. The Morgan fingerprint density at radius 2 is 1.00 bits per heavy atom. The minimum atomic E-state index is 0. The van der Waals surface area contributed by atoms with Gasteiger partial charge in [0, 0.05) is 0 Å². The Bertz CT molecular complexity index is 50.5. The Balaban J connectivity index is -0.0000000179. The molecule has 0 fully saturated rings. The van der Waals surface area contributed by atoms with Gasteiger partial charge < -0.3 is 0 Å². The Morgan fingerprint density at radius 1 is 1.00 bits per heavy atom. The molecule has 1 radical (unpaired) electrons. The molecule has 0 aromatic rings. The fraction of sp³-hybridized carbons (Fsp3) is 1.00. The summed E-state index contributed by atoms with van der Waals surface area (Å²) in [5, 5.41) is 0. The van der Waals surface area contributed by atoms with Crippen molar-refractivity contribution >= 4 is 15.1 Å². The average molecular weight is 361 g/mol. The summed E-state index contributed by atoms with van der Waals surface area (Å²) in [6.45, 7) is 17.3. The van der Waals surface area contributed by atoms with Crippen molar-refractivity contribution in [2.24, 2.45) is 0 Å². The summed E-state index contributed by atoms with van der Waals surface area (Å²) in [5.41, 5.74) is 0. The summed E-state index contributed by atoms with van der Waals surface area (Å²) in [7, 11) is 1.33. The van der Waals surface area contributed by atoms with Crippen molar-refractivity contribution in [1.82, 2.24) is 0 Å². The quantitative estimate of drug-likeness (QED) is 0.546. The molecule has 0 bridgehead atoms. The third-order valence-corrected chi connectivity index (χ3v) is 0. The van der Waals surface area contributed by atoms with E-state index in [1.807, 2.05) is 13.8 Å². The molecule has 0 amide bonds. The second kappa shape index (κ2) is 91.3. The fourth-order valence-electron chi connectivity index (χ4n) is 0. The van der Waals surface area contributed by atoms with Crippen LogP contribution in [0.2, 0.25) is 0 Å². The third-order valence-electron chi connectivity index (χ3n) is 0. The van der Waals surface area contributed by atoms with Crippen molar-refractivity contribution in [2.45, 2.75) is 61.8 Å². The van der Waals surface area contributed by atoms with Gasteiger partial charge in [-0.2, -0.15) is 0 Å². The van der Waals surface area contributed by atoms with Crippen molar-refractivity contribution in [1.29, 1.82) is 0 Å². The summed E-state index contributed by atoms with van der Waals surface area (Å²) >= 11 is 1.37. The summed E-state index contributed by atoms with van der Waals surface area (Å²) in [5.74, 6) is 0. The Morgan fingerprint density at radius 3 is 1.00 bits per heavy atom. The second-order valence-corrected chi connectivity index (χ2v) is 3.78. The average Bonchev–Trinajstić information content (AvgIpc) is 1.96. The van der Waals surface area contributed by atoms with Crippen LogP contribution in [-0.4, -0.2) is 6.72 Å². The molecular formula is C9H26BSW. The molecule has 0 aliphatic heterocycles. The second-order valence-electron chi connectivity index (χ2n) is 1.51. The van der Waals surface area contributed by atoms with E-state index in [2.05, 4.69) is 27.7 Å². The summed E-state index contributed by atoms with van der Waals surface area (Å²) in [6.07, 6.45) is 2.50. The predicted octanol–water partition coefficient (Wildman–Crippen LogP) is 4.76. The maximum absolute atomic E-state index is 4.80. The molecule has 0 aromatic heterocycles. The molecule has 0 atom stereocenters. The molecule has 0 aromatic carbocycles. The maximum atomic E-state index is 4.80. The van der Waals surface area contributed by atoms with Crippen molar-refractivity contribution in [2.75, 3.05) is 0 Å². The van der Waals surface area contributed by atoms with Gasteiger partial charge in [0.15, 0.2) is 0 Å². The molecule has 0 aliphatic carbocycles. The molecular weight excluding hydrogens is 335 g/mol. The van der Waals surface area contributed by atoms with Crippen LogP contribution < -0.4 is 0 Å². The van der Waals surface area contributed by atoms with Crippen LogP contribution in [0.25, 0.3) is 0 Å². The van der Waals surface area contributed by atoms with Crippen LogP contribution in [0.3, 0.4) is 0 Å². The number of rotatable bonds is 0.